The van der Waals surface area contributed by atoms with Gasteiger partial charge in [0.2, 0.25) is 0 Å². The molecule has 17 heavy (non-hydrogen) atoms. The maximum atomic E-state index is 11.8. The van der Waals surface area contributed by atoms with Crippen molar-refractivity contribution in [1.82, 2.24) is 0 Å². The van der Waals surface area contributed by atoms with Gasteiger partial charge in [0.15, 0.2) is 5.78 Å². The first-order chi connectivity index (χ1) is 8.13. The number of ether oxygens (including phenoxy) is 1. The number of carbonyl (C=O) groups excluding carboxylic acids is 1. The Morgan fingerprint density at radius 3 is 2.00 bits per heavy atom. The van der Waals surface area contributed by atoms with Crippen LogP contribution in [0, 0.1) is 5.92 Å². The molecule has 0 amide bonds. The van der Waals surface area contributed by atoms with Crippen LogP contribution in [-0.2, 0) is 9.53 Å². The van der Waals surface area contributed by atoms with Gasteiger partial charge in [0.1, 0.15) is 6.10 Å². The maximum Gasteiger partial charge on any atom is 0.161 e. The summed E-state index contributed by atoms with van der Waals surface area (Å²) in [5, 5.41) is 0. The number of Topliss-reactive ketones (excluding diaryl/α,β-unsaturated/α-hetero) is 1. The van der Waals surface area contributed by atoms with E-state index >= 15 is 0 Å². The Labute approximate surface area is 107 Å². The van der Waals surface area contributed by atoms with Crippen LogP contribution in [0.4, 0.5) is 0 Å². The van der Waals surface area contributed by atoms with Crippen molar-refractivity contribution in [1.29, 1.82) is 0 Å². The molecule has 0 aliphatic carbocycles. The zero-order valence-corrected chi connectivity index (χ0v) is 12.1. The Kier molecular flexibility index (Phi) is 10.5. The second-order valence-corrected chi connectivity index (χ2v) is 5.24. The van der Waals surface area contributed by atoms with Crippen LogP contribution >= 0.6 is 0 Å². The minimum absolute atomic E-state index is 0.199. The predicted octanol–water partition coefficient (Wildman–Crippen LogP) is 4.37. The zero-order chi connectivity index (χ0) is 13.1. The summed E-state index contributed by atoms with van der Waals surface area (Å²) in [5.74, 6) is 0.563. The summed E-state index contributed by atoms with van der Waals surface area (Å²) in [6.07, 6.45) is 9.27. The van der Waals surface area contributed by atoms with E-state index in [1.54, 1.807) is 7.11 Å². The van der Waals surface area contributed by atoms with Gasteiger partial charge in [0, 0.05) is 13.5 Å². The van der Waals surface area contributed by atoms with E-state index in [9.17, 15) is 4.79 Å². The lowest BCUT2D eigenvalue weighted by Gasteiger charge is -2.17. The van der Waals surface area contributed by atoms with Crippen LogP contribution < -0.4 is 0 Å². The summed E-state index contributed by atoms with van der Waals surface area (Å²) in [7, 11) is 1.63. The molecule has 0 aromatic rings. The largest absolute Gasteiger partial charge is 0.373 e. The molecule has 0 radical (unpaired) electrons. The predicted molar refractivity (Wildman–Crippen MR) is 73.3 cm³/mol. The number of hydrogen-bond acceptors (Lipinski definition) is 2. The van der Waals surface area contributed by atoms with Crippen LogP contribution in [0.3, 0.4) is 0 Å². The summed E-state index contributed by atoms with van der Waals surface area (Å²) < 4.78 is 5.23. The van der Waals surface area contributed by atoms with Gasteiger partial charge in [-0.3, -0.25) is 4.79 Å². The molecule has 0 saturated heterocycles. The van der Waals surface area contributed by atoms with Crippen molar-refractivity contribution in [2.45, 2.75) is 78.2 Å². The summed E-state index contributed by atoms with van der Waals surface area (Å²) in [6.45, 7) is 6.31. The highest BCUT2D eigenvalue weighted by Gasteiger charge is 2.20. The average Bonchev–Trinajstić information content (AvgIpc) is 2.28. The standard InChI is InChI=1S/C15H30O2/c1-5-6-7-8-9-10-11-12-14(16)15(17-4)13(2)3/h13,15H,5-12H2,1-4H3. The molecule has 0 rings (SSSR count). The van der Waals surface area contributed by atoms with Gasteiger partial charge in [0.05, 0.1) is 0 Å². The molecule has 0 heterocycles. The minimum atomic E-state index is -0.199. The normalized spacial score (nSPS) is 13.0. The molecule has 0 aliphatic heterocycles. The lowest BCUT2D eigenvalue weighted by molar-refractivity contribution is -0.131. The Morgan fingerprint density at radius 1 is 1.00 bits per heavy atom. The molecular weight excluding hydrogens is 212 g/mol. The molecule has 2 heteroatoms. The van der Waals surface area contributed by atoms with Crippen molar-refractivity contribution in [3.05, 3.63) is 0 Å². The third-order valence-electron chi connectivity index (χ3n) is 3.20. The van der Waals surface area contributed by atoms with E-state index in [0.29, 0.717) is 6.42 Å². The number of hydrogen-bond donors (Lipinski definition) is 0. The molecule has 0 aliphatic rings. The lowest BCUT2D eigenvalue weighted by atomic mass is 9.98. The quantitative estimate of drug-likeness (QED) is 0.503. The van der Waals surface area contributed by atoms with E-state index in [-0.39, 0.29) is 17.8 Å². The van der Waals surface area contributed by atoms with E-state index in [1.165, 1.54) is 38.5 Å². The minimum Gasteiger partial charge on any atom is -0.373 e. The molecule has 1 atom stereocenters. The summed E-state index contributed by atoms with van der Waals surface area (Å²) in [4.78, 5) is 11.8. The fourth-order valence-electron chi connectivity index (χ4n) is 2.17. The number of methoxy groups -OCH3 is 1. The molecule has 0 fully saturated rings. The number of unbranched alkanes of at least 4 members (excludes halogenated alkanes) is 6. The van der Waals surface area contributed by atoms with Crippen LogP contribution in [-0.4, -0.2) is 19.0 Å². The smallest absolute Gasteiger partial charge is 0.161 e. The SMILES string of the molecule is CCCCCCCCCC(=O)C(OC)C(C)C. The van der Waals surface area contributed by atoms with Gasteiger partial charge in [-0.2, -0.15) is 0 Å². The van der Waals surface area contributed by atoms with Gasteiger partial charge < -0.3 is 4.74 Å². The van der Waals surface area contributed by atoms with Gasteiger partial charge in [0.25, 0.3) is 0 Å². The first-order valence-electron chi connectivity index (χ1n) is 7.19. The Hall–Kier alpha value is -0.370. The van der Waals surface area contributed by atoms with Gasteiger partial charge >= 0.3 is 0 Å². The van der Waals surface area contributed by atoms with Crippen LogP contribution in [0.5, 0.6) is 0 Å². The van der Waals surface area contributed by atoms with Crippen LogP contribution in [0.2, 0.25) is 0 Å². The number of ketones is 1. The third-order valence-corrected chi connectivity index (χ3v) is 3.20. The van der Waals surface area contributed by atoms with Crippen molar-refractivity contribution in [2.75, 3.05) is 7.11 Å². The average molecular weight is 242 g/mol. The van der Waals surface area contributed by atoms with E-state index in [1.807, 2.05) is 13.8 Å². The number of carbonyl (C=O) groups is 1. The molecule has 102 valence electrons. The monoisotopic (exact) mass is 242 g/mol. The molecule has 1 unspecified atom stereocenters. The topological polar surface area (TPSA) is 26.3 Å². The first kappa shape index (κ1) is 16.6. The first-order valence-corrected chi connectivity index (χ1v) is 7.19. The summed E-state index contributed by atoms with van der Waals surface area (Å²) in [5.41, 5.74) is 0. The van der Waals surface area contributed by atoms with Gasteiger partial charge in [-0.1, -0.05) is 59.3 Å². The van der Waals surface area contributed by atoms with E-state index in [4.69, 9.17) is 4.74 Å². The molecule has 0 aromatic carbocycles. The highest BCUT2D eigenvalue weighted by atomic mass is 16.5. The molecule has 0 spiro atoms. The second-order valence-electron chi connectivity index (χ2n) is 5.24. The fourth-order valence-corrected chi connectivity index (χ4v) is 2.17. The molecule has 0 aromatic heterocycles. The van der Waals surface area contributed by atoms with Crippen molar-refractivity contribution >= 4 is 5.78 Å². The maximum absolute atomic E-state index is 11.8. The summed E-state index contributed by atoms with van der Waals surface area (Å²) in [6, 6.07) is 0. The van der Waals surface area contributed by atoms with Crippen molar-refractivity contribution in [3.63, 3.8) is 0 Å². The molecule has 0 N–H and O–H groups in total. The van der Waals surface area contributed by atoms with Crippen molar-refractivity contribution < 1.29 is 9.53 Å². The molecule has 0 saturated carbocycles. The van der Waals surface area contributed by atoms with E-state index in [0.717, 1.165) is 6.42 Å². The van der Waals surface area contributed by atoms with Crippen molar-refractivity contribution in [3.8, 4) is 0 Å². The second kappa shape index (κ2) is 10.8. The van der Waals surface area contributed by atoms with Gasteiger partial charge in [-0.15, -0.1) is 0 Å². The highest BCUT2D eigenvalue weighted by molar-refractivity contribution is 5.83. The highest BCUT2D eigenvalue weighted by Crippen LogP contribution is 2.13. The van der Waals surface area contributed by atoms with Gasteiger partial charge in [-0.05, 0) is 12.3 Å². The van der Waals surface area contributed by atoms with E-state index in [2.05, 4.69) is 6.92 Å². The van der Waals surface area contributed by atoms with E-state index < -0.39 is 0 Å². The Morgan fingerprint density at radius 2 is 1.53 bits per heavy atom. The van der Waals surface area contributed by atoms with Crippen LogP contribution in [0.1, 0.15) is 72.1 Å². The van der Waals surface area contributed by atoms with Crippen LogP contribution in [0.15, 0.2) is 0 Å². The Balaban J connectivity index is 3.50. The lowest BCUT2D eigenvalue weighted by Crippen LogP contribution is -2.28. The van der Waals surface area contributed by atoms with Gasteiger partial charge in [-0.25, -0.2) is 0 Å². The molecule has 0 bridgehead atoms. The van der Waals surface area contributed by atoms with Crippen LogP contribution in [0.25, 0.3) is 0 Å². The summed E-state index contributed by atoms with van der Waals surface area (Å²) >= 11 is 0. The zero-order valence-electron chi connectivity index (χ0n) is 12.1. The Bertz CT molecular complexity index is 187. The third kappa shape index (κ3) is 8.37. The molecular formula is C15H30O2. The molecule has 2 nitrogen and oxygen atoms in total. The number of rotatable bonds is 11. The van der Waals surface area contributed by atoms with Crippen molar-refractivity contribution in [2.24, 2.45) is 5.92 Å². The fraction of sp³-hybridized carbons (Fsp3) is 0.933.